The Hall–Kier alpha value is -1.28. The highest BCUT2D eigenvalue weighted by molar-refractivity contribution is 5.32. The molecule has 23 heavy (non-hydrogen) atoms. The Bertz CT molecular complexity index is 520. The van der Waals surface area contributed by atoms with E-state index in [1.165, 1.54) is 0 Å². The number of nitrogens with zero attached hydrogens (tertiary/aromatic N) is 2. The van der Waals surface area contributed by atoms with Crippen LogP contribution in [0, 0.1) is 11.8 Å². The third kappa shape index (κ3) is 3.47. The summed E-state index contributed by atoms with van der Waals surface area (Å²) in [4.78, 5) is 0. The second-order valence-corrected chi connectivity index (χ2v) is 6.50. The maximum absolute atomic E-state index is 12.9. The van der Waals surface area contributed by atoms with Crippen LogP contribution >= 0.6 is 0 Å². The zero-order valence-electron chi connectivity index (χ0n) is 13.1. The lowest BCUT2D eigenvalue weighted by Gasteiger charge is -2.47. The Kier molecular flexibility index (Phi) is 4.55. The van der Waals surface area contributed by atoms with Crippen molar-refractivity contribution in [2.24, 2.45) is 11.8 Å². The van der Waals surface area contributed by atoms with Crippen LogP contribution in [-0.2, 0) is 16.0 Å². The Morgan fingerprint density at radius 1 is 1.43 bits per heavy atom. The Morgan fingerprint density at radius 2 is 2.22 bits per heavy atom. The summed E-state index contributed by atoms with van der Waals surface area (Å²) in [6.07, 6.45) is -1.37. The van der Waals surface area contributed by atoms with Crippen LogP contribution in [0.1, 0.15) is 19.3 Å². The van der Waals surface area contributed by atoms with Crippen LogP contribution < -0.4 is 5.32 Å². The fourth-order valence-electron chi connectivity index (χ4n) is 3.33. The molecule has 1 saturated carbocycles. The number of hydrogen-bond acceptors (Lipinski definition) is 4. The summed E-state index contributed by atoms with van der Waals surface area (Å²) in [7, 11) is 1.13. The summed E-state index contributed by atoms with van der Waals surface area (Å²) in [5, 5.41) is 7.52. The third-order valence-electron chi connectivity index (χ3n) is 4.83. The molecule has 1 atom stereocenters. The number of nitrogens with one attached hydrogen (secondary N) is 1. The quantitative estimate of drug-likeness (QED) is 0.870. The first-order valence-electron chi connectivity index (χ1n) is 7.89. The summed E-state index contributed by atoms with van der Waals surface area (Å²) >= 11 is 0. The smallest absolute Gasteiger partial charge is 0.381 e. The molecule has 3 rings (SSSR count). The first-order valence-corrected chi connectivity index (χ1v) is 7.89. The molecular formula is C15H22F3N3O2. The summed E-state index contributed by atoms with van der Waals surface area (Å²) in [6.45, 7) is 2.86. The number of methoxy groups -OCH3 is 1. The minimum absolute atomic E-state index is 0.000121. The molecule has 0 bridgehead atoms. The lowest BCUT2D eigenvalue weighted by Crippen LogP contribution is -2.57. The first-order chi connectivity index (χ1) is 10.9. The van der Waals surface area contributed by atoms with E-state index in [2.05, 4.69) is 10.4 Å². The van der Waals surface area contributed by atoms with Crippen molar-refractivity contribution in [3.05, 3.63) is 12.3 Å². The molecule has 1 aliphatic carbocycles. The van der Waals surface area contributed by atoms with E-state index in [1.54, 1.807) is 0 Å². The number of halogens is 3. The normalized spacial score (nSPS) is 31.1. The van der Waals surface area contributed by atoms with Gasteiger partial charge in [0.25, 0.3) is 0 Å². The van der Waals surface area contributed by atoms with Gasteiger partial charge in [0.15, 0.2) is 5.60 Å². The molecular weight excluding hydrogens is 311 g/mol. The maximum Gasteiger partial charge on any atom is 0.417 e. The standard InChI is InChI=1S/C15H22F3N3O2/c1-22-14(15(16,17)18)6-12(7-14)8-19-13-2-4-21(20-13)9-11-3-5-23-10-11/h2,4,11-12H,3,5-10H2,1H3,(H,19,20). The van der Waals surface area contributed by atoms with Gasteiger partial charge in [-0.2, -0.15) is 18.3 Å². The van der Waals surface area contributed by atoms with Gasteiger partial charge in [-0.1, -0.05) is 0 Å². The van der Waals surface area contributed by atoms with E-state index in [0.717, 1.165) is 33.3 Å². The largest absolute Gasteiger partial charge is 0.417 e. The Balaban J connectivity index is 1.44. The number of alkyl halides is 3. The monoisotopic (exact) mass is 333 g/mol. The lowest BCUT2D eigenvalue weighted by atomic mass is 9.70. The maximum atomic E-state index is 12.9. The molecule has 2 fully saturated rings. The van der Waals surface area contributed by atoms with Gasteiger partial charge in [-0.25, -0.2) is 0 Å². The van der Waals surface area contributed by atoms with Crippen molar-refractivity contribution in [1.29, 1.82) is 0 Å². The van der Waals surface area contributed by atoms with Gasteiger partial charge in [0.1, 0.15) is 5.82 Å². The molecule has 1 aliphatic heterocycles. The van der Waals surface area contributed by atoms with E-state index in [0.29, 0.717) is 18.3 Å². The third-order valence-corrected chi connectivity index (χ3v) is 4.83. The van der Waals surface area contributed by atoms with E-state index in [1.807, 2.05) is 16.9 Å². The highest BCUT2D eigenvalue weighted by Gasteiger charge is 2.62. The van der Waals surface area contributed by atoms with Gasteiger partial charge in [-0.15, -0.1) is 0 Å². The van der Waals surface area contributed by atoms with Crippen LogP contribution in [0.5, 0.6) is 0 Å². The molecule has 1 aromatic heterocycles. The fraction of sp³-hybridized carbons (Fsp3) is 0.800. The highest BCUT2D eigenvalue weighted by Crippen LogP contribution is 2.50. The number of rotatable bonds is 6. The predicted molar refractivity (Wildman–Crippen MR) is 78.2 cm³/mol. The lowest BCUT2D eigenvalue weighted by molar-refractivity contribution is -0.307. The van der Waals surface area contributed by atoms with Crippen LogP contribution in [0.3, 0.4) is 0 Å². The number of aromatic nitrogens is 2. The van der Waals surface area contributed by atoms with Gasteiger partial charge in [0.05, 0.1) is 6.61 Å². The minimum Gasteiger partial charge on any atom is -0.381 e. The van der Waals surface area contributed by atoms with Crippen LogP contribution in [0.15, 0.2) is 12.3 Å². The number of anilines is 1. The average molecular weight is 333 g/mol. The fourth-order valence-corrected chi connectivity index (χ4v) is 3.33. The number of ether oxygens (including phenoxy) is 2. The zero-order valence-corrected chi connectivity index (χ0v) is 13.1. The number of hydrogen-bond donors (Lipinski definition) is 1. The second kappa shape index (κ2) is 6.32. The molecule has 8 heteroatoms. The molecule has 0 amide bonds. The molecule has 1 N–H and O–H groups in total. The van der Waals surface area contributed by atoms with Crippen molar-refractivity contribution >= 4 is 5.82 Å². The highest BCUT2D eigenvalue weighted by atomic mass is 19.4. The van der Waals surface area contributed by atoms with Gasteiger partial charge in [0, 0.05) is 45.0 Å². The molecule has 2 aliphatic rings. The topological polar surface area (TPSA) is 48.3 Å². The molecule has 130 valence electrons. The molecule has 5 nitrogen and oxygen atoms in total. The summed E-state index contributed by atoms with van der Waals surface area (Å²) in [5.74, 6) is 1.14. The van der Waals surface area contributed by atoms with Gasteiger partial charge in [0.2, 0.25) is 0 Å². The van der Waals surface area contributed by atoms with Crippen molar-refractivity contribution in [3.63, 3.8) is 0 Å². The van der Waals surface area contributed by atoms with Crippen molar-refractivity contribution in [2.75, 3.05) is 32.2 Å². The molecule has 1 aromatic rings. The summed E-state index contributed by atoms with van der Waals surface area (Å²) < 4.78 is 50.7. The molecule has 1 unspecified atom stereocenters. The van der Waals surface area contributed by atoms with E-state index in [4.69, 9.17) is 9.47 Å². The zero-order chi connectivity index (χ0) is 16.5. The van der Waals surface area contributed by atoms with Gasteiger partial charge in [-0.3, -0.25) is 4.68 Å². The van der Waals surface area contributed by atoms with Crippen LogP contribution in [0.4, 0.5) is 19.0 Å². The van der Waals surface area contributed by atoms with Crippen LogP contribution in [-0.4, -0.2) is 48.4 Å². The van der Waals surface area contributed by atoms with E-state index in [9.17, 15) is 13.2 Å². The average Bonchev–Trinajstić information content (AvgIpc) is 3.08. The SMILES string of the molecule is COC1(C(F)(F)F)CC(CNc2ccn(CC3CCOC3)n2)C1. The van der Waals surface area contributed by atoms with Crippen molar-refractivity contribution in [3.8, 4) is 0 Å². The van der Waals surface area contributed by atoms with Gasteiger partial charge in [-0.05, 0) is 25.2 Å². The molecule has 1 saturated heterocycles. The predicted octanol–water partition coefficient (Wildman–Crippen LogP) is 2.69. The van der Waals surface area contributed by atoms with Crippen LogP contribution in [0.2, 0.25) is 0 Å². The second-order valence-electron chi connectivity index (χ2n) is 6.50. The first kappa shape index (κ1) is 16.6. The molecule has 0 spiro atoms. The van der Waals surface area contributed by atoms with Crippen molar-refractivity contribution in [1.82, 2.24) is 9.78 Å². The summed E-state index contributed by atoms with van der Waals surface area (Å²) in [5.41, 5.74) is -1.96. The van der Waals surface area contributed by atoms with Gasteiger partial charge < -0.3 is 14.8 Å². The van der Waals surface area contributed by atoms with E-state index < -0.39 is 11.8 Å². The van der Waals surface area contributed by atoms with Crippen molar-refractivity contribution < 1.29 is 22.6 Å². The Labute approximate surface area is 133 Å². The molecule has 0 radical (unpaired) electrons. The summed E-state index contributed by atoms with van der Waals surface area (Å²) in [6, 6.07) is 1.85. The van der Waals surface area contributed by atoms with Crippen LogP contribution in [0.25, 0.3) is 0 Å². The minimum atomic E-state index is -4.30. The van der Waals surface area contributed by atoms with Gasteiger partial charge >= 0.3 is 6.18 Å². The Morgan fingerprint density at radius 3 is 2.83 bits per heavy atom. The van der Waals surface area contributed by atoms with Crippen molar-refractivity contribution in [2.45, 2.75) is 37.6 Å². The molecule has 0 aromatic carbocycles. The molecule has 2 heterocycles. The van der Waals surface area contributed by atoms with E-state index in [-0.39, 0.29) is 18.8 Å². The van der Waals surface area contributed by atoms with E-state index >= 15 is 0 Å².